The predicted molar refractivity (Wildman–Crippen MR) is 70.4 cm³/mol. The Balaban J connectivity index is 1.73. The zero-order chi connectivity index (χ0) is 13.3. The van der Waals surface area contributed by atoms with Crippen LogP contribution in [0.2, 0.25) is 0 Å². The predicted octanol–water partition coefficient (Wildman–Crippen LogP) is 1.34. The Morgan fingerprint density at radius 3 is 2.74 bits per heavy atom. The molecule has 0 bridgehead atoms. The average molecular weight is 279 g/mol. The molecule has 1 saturated heterocycles. The molecular weight excluding hydrogens is 266 g/mol. The summed E-state index contributed by atoms with van der Waals surface area (Å²) in [6.45, 7) is 0. The second-order valence-corrected chi connectivity index (χ2v) is 6.76. The molecule has 1 atom stereocenters. The first kappa shape index (κ1) is 12.2. The van der Waals surface area contributed by atoms with Crippen molar-refractivity contribution in [2.45, 2.75) is 12.5 Å². The number of rotatable bonds is 3. The van der Waals surface area contributed by atoms with Gasteiger partial charge in [0.25, 0.3) is 0 Å². The van der Waals surface area contributed by atoms with Gasteiger partial charge in [-0.1, -0.05) is 35.5 Å². The van der Waals surface area contributed by atoms with Gasteiger partial charge >= 0.3 is 6.01 Å². The van der Waals surface area contributed by atoms with E-state index in [0.717, 1.165) is 5.56 Å². The Hall–Kier alpha value is -1.89. The molecule has 0 saturated carbocycles. The van der Waals surface area contributed by atoms with E-state index in [0.29, 0.717) is 12.2 Å². The molecule has 7 heteroatoms. The summed E-state index contributed by atoms with van der Waals surface area (Å²) >= 11 is 0. The molecule has 19 heavy (non-hydrogen) atoms. The van der Waals surface area contributed by atoms with Gasteiger partial charge in [0.2, 0.25) is 5.82 Å². The first-order valence-corrected chi connectivity index (χ1v) is 7.81. The largest absolute Gasteiger partial charge is 0.334 e. The van der Waals surface area contributed by atoms with Crippen LogP contribution in [0.4, 0.5) is 6.01 Å². The van der Waals surface area contributed by atoms with Gasteiger partial charge in [0.15, 0.2) is 9.84 Å². The Kier molecular flexibility index (Phi) is 2.98. The molecule has 6 nitrogen and oxygen atoms in total. The van der Waals surface area contributed by atoms with E-state index in [1.165, 1.54) is 0 Å². The summed E-state index contributed by atoms with van der Waals surface area (Å²) in [5.41, 5.74) is 0.860. The fourth-order valence-corrected chi connectivity index (χ4v) is 3.74. The van der Waals surface area contributed by atoms with Crippen LogP contribution in [0.5, 0.6) is 0 Å². The van der Waals surface area contributed by atoms with Crippen molar-refractivity contribution in [3.8, 4) is 11.4 Å². The van der Waals surface area contributed by atoms with E-state index in [9.17, 15) is 8.42 Å². The average Bonchev–Trinajstić information content (AvgIpc) is 2.98. The minimum absolute atomic E-state index is 0.121. The molecule has 1 aromatic carbocycles. The smallest absolute Gasteiger partial charge is 0.322 e. The molecule has 2 heterocycles. The fraction of sp³-hybridized carbons (Fsp3) is 0.333. The van der Waals surface area contributed by atoms with E-state index in [2.05, 4.69) is 15.5 Å². The highest BCUT2D eigenvalue weighted by atomic mass is 32.2. The number of hydrogen-bond donors (Lipinski definition) is 1. The lowest BCUT2D eigenvalue weighted by Gasteiger charge is -2.05. The molecule has 1 aliphatic heterocycles. The van der Waals surface area contributed by atoms with Crippen LogP contribution in [0, 0.1) is 0 Å². The lowest BCUT2D eigenvalue weighted by Crippen LogP contribution is -2.20. The molecule has 1 aliphatic rings. The van der Waals surface area contributed by atoms with Gasteiger partial charge in [0.05, 0.1) is 11.5 Å². The van der Waals surface area contributed by atoms with Crippen molar-refractivity contribution in [1.82, 2.24) is 10.1 Å². The van der Waals surface area contributed by atoms with Gasteiger partial charge < -0.3 is 9.84 Å². The van der Waals surface area contributed by atoms with E-state index in [-0.39, 0.29) is 23.6 Å². The van der Waals surface area contributed by atoms with Crippen molar-refractivity contribution >= 4 is 15.9 Å². The SMILES string of the molecule is O=S1(=O)CCC(Nc2nc(-c3ccccc3)no2)C1. The molecule has 0 aliphatic carbocycles. The highest BCUT2D eigenvalue weighted by Gasteiger charge is 2.28. The number of hydrogen-bond acceptors (Lipinski definition) is 6. The quantitative estimate of drug-likeness (QED) is 0.912. The van der Waals surface area contributed by atoms with Gasteiger partial charge in [-0.25, -0.2) is 8.42 Å². The van der Waals surface area contributed by atoms with Crippen molar-refractivity contribution in [2.75, 3.05) is 16.8 Å². The van der Waals surface area contributed by atoms with Gasteiger partial charge in [-0.3, -0.25) is 0 Å². The Morgan fingerprint density at radius 1 is 1.26 bits per heavy atom. The maximum atomic E-state index is 11.4. The highest BCUT2D eigenvalue weighted by Crippen LogP contribution is 2.20. The van der Waals surface area contributed by atoms with Gasteiger partial charge in [-0.2, -0.15) is 4.98 Å². The summed E-state index contributed by atoms with van der Waals surface area (Å²) < 4.78 is 27.8. The maximum Gasteiger partial charge on any atom is 0.322 e. The molecule has 3 rings (SSSR count). The summed E-state index contributed by atoms with van der Waals surface area (Å²) in [6.07, 6.45) is 0.575. The molecule has 2 aromatic rings. The van der Waals surface area contributed by atoms with Crippen LogP contribution in [-0.4, -0.2) is 36.1 Å². The fourth-order valence-electron chi connectivity index (χ4n) is 2.07. The first-order chi connectivity index (χ1) is 9.12. The van der Waals surface area contributed by atoms with Crippen molar-refractivity contribution in [3.63, 3.8) is 0 Å². The molecule has 0 amide bonds. The number of aromatic nitrogens is 2. The summed E-state index contributed by atoms with van der Waals surface area (Å²) in [6, 6.07) is 9.58. The van der Waals surface area contributed by atoms with Gasteiger partial charge in [0, 0.05) is 11.6 Å². The normalized spacial score (nSPS) is 21.4. The number of sulfone groups is 1. The van der Waals surface area contributed by atoms with Crippen LogP contribution in [0.3, 0.4) is 0 Å². The number of nitrogens with zero attached hydrogens (tertiary/aromatic N) is 2. The second kappa shape index (κ2) is 4.65. The van der Waals surface area contributed by atoms with Crippen LogP contribution >= 0.6 is 0 Å². The van der Waals surface area contributed by atoms with Crippen LogP contribution in [0.1, 0.15) is 6.42 Å². The Labute approximate surface area is 110 Å². The number of nitrogens with one attached hydrogen (secondary N) is 1. The molecule has 100 valence electrons. The van der Waals surface area contributed by atoms with Crippen LogP contribution in [-0.2, 0) is 9.84 Å². The zero-order valence-electron chi connectivity index (χ0n) is 10.1. The van der Waals surface area contributed by atoms with Crippen molar-refractivity contribution in [3.05, 3.63) is 30.3 Å². The topological polar surface area (TPSA) is 85.1 Å². The van der Waals surface area contributed by atoms with Crippen LogP contribution in [0.15, 0.2) is 34.9 Å². The van der Waals surface area contributed by atoms with Crippen LogP contribution < -0.4 is 5.32 Å². The third-order valence-corrected chi connectivity index (χ3v) is 4.79. The Bertz CT molecular complexity index is 667. The third kappa shape index (κ3) is 2.76. The highest BCUT2D eigenvalue weighted by molar-refractivity contribution is 7.91. The molecular formula is C12H13N3O3S. The number of benzene rings is 1. The summed E-state index contributed by atoms with van der Waals surface area (Å²) in [5.74, 6) is 0.823. The maximum absolute atomic E-state index is 11.4. The third-order valence-electron chi connectivity index (χ3n) is 3.02. The molecule has 1 unspecified atom stereocenters. The van der Waals surface area contributed by atoms with Gasteiger partial charge in [-0.05, 0) is 6.42 Å². The molecule has 0 radical (unpaired) electrons. The molecule has 1 aromatic heterocycles. The minimum Gasteiger partial charge on any atom is -0.334 e. The van der Waals surface area contributed by atoms with E-state index >= 15 is 0 Å². The first-order valence-electron chi connectivity index (χ1n) is 5.98. The van der Waals surface area contributed by atoms with E-state index in [1.54, 1.807) is 0 Å². The monoisotopic (exact) mass is 279 g/mol. The second-order valence-electron chi connectivity index (χ2n) is 4.53. The van der Waals surface area contributed by atoms with Crippen molar-refractivity contribution < 1.29 is 12.9 Å². The van der Waals surface area contributed by atoms with Gasteiger partial charge in [0.1, 0.15) is 0 Å². The van der Waals surface area contributed by atoms with E-state index in [1.807, 2.05) is 30.3 Å². The summed E-state index contributed by atoms with van der Waals surface area (Å²) in [5, 5.41) is 6.83. The minimum atomic E-state index is -2.91. The van der Waals surface area contributed by atoms with E-state index < -0.39 is 9.84 Å². The van der Waals surface area contributed by atoms with Crippen molar-refractivity contribution in [2.24, 2.45) is 0 Å². The van der Waals surface area contributed by atoms with Crippen LogP contribution in [0.25, 0.3) is 11.4 Å². The summed E-state index contributed by atoms with van der Waals surface area (Å²) in [7, 11) is -2.91. The zero-order valence-corrected chi connectivity index (χ0v) is 10.9. The van der Waals surface area contributed by atoms with Gasteiger partial charge in [-0.15, -0.1) is 0 Å². The number of anilines is 1. The molecule has 1 N–H and O–H groups in total. The van der Waals surface area contributed by atoms with Crippen molar-refractivity contribution in [1.29, 1.82) is 0 Å². The van der Waals surface area contributed by atoms with E-state index in [4.69, 9.17) is 4.52 Å². The summed E-state index contributed by atoms with van der Waals surface area (Å²) in [4.78, 5) is 4.21. The standard InChI is InChI=1S/C12H13N3O3S/c16-19(17)7-6-10(8-19)13-12-14-11(15-18-12)9-4-2-1-3-5-9/h1-5,10H,6-8H2,(H,13,14,15). The lowest BCUT2D eigenvalue weighted by atomic mass is 10.2. The Morgan fingerprint density at radius 2 is 2.05 bits per heavy atom. The molecule has 1 fully saturated rings. The lowest BCUT2D eigenvalue weighted by molar-refractivity contribution is 0.428. The molecule has 0 spiro atoms.